The quantitative estimate of drug-likeness (QED) is 0.565. The third-order valence-electron chi connectivity index (χ3n) is 5.51. The molecule has 2 amide bonds. The highest BCUT2D eigenvalue weighted by Gasteiger charge is 2.23. The summed E-state index contributed by atoms with van der Waals surface area (Å²) in [6.07, 6.45) is 0. The van der Waals surface area contributed by atoms with Gasteiger partial charge in [-0.25, -0.2) is 12.7 Å². The number of nitrogens with one attached hydrogen (secondary N) is 2. The van der Waals surface area contributed by atoms with E-state index in [0.29, 0.717) is 33.6 Å². The van der Waals surface area contributed by atoms with Gasteiger partial charge in [0.05, 0.1) is 4.90 Å². The number of carbonyl (C=O) groups excluding carboxylic acids is 2. The highest BCUT2D eigenvalue weighted by molar-refractivity contribution is 7.89. The van der Waals surface area contributed by atoms with Crippen molar-refractivity contribution in [1.29, 1.82) is 0 Å². The Bertz CT molecular complexity index is 1320. The molecule has 0 heterocycles. The molecule has 0 aliphatic rings. The van der Waals surface area contributed by atoms with E-state index in [1.165, 1.54) is 20.2 Å². The van der Waals surface area contributed by atoms with E-state index < -0.39 is 15.9 Å². The molecule has 8 heteroatoms. The summed E-state index contributed by atoms with van der Waals surface area (Å²) in [5.74, 6) is -0.696. The molecule has 2 N–H and O–H groups in total. The number of hydrogen-bond donors (Lipinski definition) is 2. The van der Waals surface area contributed by atoms with Gasteiger partial charge < -0.3 is 10.6 Å². The predicted octanol–water partition coefficient (Wildman–Crippen LogP) is 4.37. The minimum Gasteiger partial charge on any atom is -0.322 e. The molecule has 0 bridgehead atoms. The lowest BCUT2D eigenvalue weighted by Gasteiger charge is -2.17. The van der Waals surface area contributed by atoms with E-state index in [2.05, 4.69) is 10.6 Å². The Morgan fingerprint density at radius 1 is 0.727 bits per heavy atom. The van der Waals surface area contributed by atoms with Crippen molar-refractivity contribution in [3.63, 3.8) is 0 Å². The second kappa shape index (κ2) is 9.56. The van der Waals surface area contributed by atoms with Crippen molar-refractivity contribution in [2.45, 2.75) is 25.7 Å². The largest absolute Gasteiger partial charge is 0.322 e. The standard InChI is InChI=1S/C25H27N3O4S/c1-16-14-20(15-23(17(16)2)33(31,32)28(4)5)25(30)27-22-13-9-12-21(18(22)3)26-24(29)19-10-7-6-8-11-19/h6-15H,1-5H3,(H,26,29)(H,27,30). The van der Waals surface area contributed by atoms with Gasteiger partial charge in [-0.3, -0.25) is 9.59 Å². The van der Waals surface area contributed by atoms with E-state index in [-0.39, 0.29) is 16.4 Å². The second-order valence-corrected chi connectivity index (χ2v) is 10.1. The Balaban J connectivity index is 1.89. The summed E-state index contributed by atoms with van der Waals surface area (Å²) in [5, 5.41) is 5.70. The lowest BCUT2D eigenvalue weighted by molar-refractivity contribution is 0.101. The average Bonchev–Trinajstić information content (AvgIpc) is 2.78. The third-order valence-corrected chi connectivity index (χ3v) is 7.45. The van der Waals surface area contributed by atoms with Crippen LogP contribution in [0.4, 0.5) is 11.4 Å². The minimum absolute atomic E-state index is 0.0956. The van der Waals surface area contributed by atoms with Gasteiger partial charge in [0.25, 0.3) is 11.8 Å². The van der Waals surface area contributed by atoms with Crippen LogP contribution in [0.2, 0.25) is 0 Å². The fourth-order valence-corrected chi connectivity index (χ4v) is 4.52. The average molecular weight is 466 g/mol. The summed E-state index contributed by atoms with van der Waals surface area (Å²) in [6, 6.07) is 17.1. The number of rotatable bonds is 6. The van der Waals surface area contributed by atoms with Gasteiger partial charge in [-0.2, -0.15) is 0 Å². The topological polar surface area (TPSA) is 95.6 Å². The number of aryl methyl sites for hydroxylation is 1. The van der Waals surface area contributed by atoms with Crippen LogP contribution < -0.4 is 10.6 Å². The van der Waals surface area contributed by atoms with Gasteiger partial charge in [0.15, 0.2) is 0 Å². The van der Waals surface area contributed by atoms with Gasteiger partial charge in [-0.15, -0.1) is 0 Å². The zero-order chi connectivity index (χ0) is 24.3. The van der Waals surface area contributed by atoms with Crippen LogP contribution in [0, 0.1) is 20.8 Å². The first kappa shape index (κ1) is 24.2. The number of amides is 2. The van der Waals surface area contributed by atoms with Crippen LogP contribution in [-0.4, -0.2) is 38.6 Å². The molecule has 0 fully saturated rings. The molecule has 3 aromatic carbocycles. The van der Waals surface area contributed by atoms with E-state index in [4.69, 9.17) is 0 Å². The van der Waals surface area contributed by atoms with E-state index >= 15 is 0 Å². The zero-order valence-corrected chi connectivity index (χ0v) is 20.1. The monoisotopic (exact) mass is 465 g/mol. The van der Waals surface area contributed by atoms with E-state index in [1.807, 2.05) is 6.07 Å². The Kier molecular flexibility index (Phi) is 7.00. The SMILES string of the molecule is Cc1cc(C(=O)Nc2cccc(NC(=O)c3ccccc3)c2C)cc(S(=O)(=O)N(C)C)c1C. The Morgan fingerprint density at radius 2 is 1.27 bits per heavy atom. The van der Waals surface area contributed by atoms with E-state index in [9.17, 15) is 18.0 Å². The summed E-state index contributed by atoms with van der Waals surface area (Å²) in [7, 11) is -0.800. The first-order valence-corrected chi connectivity index (χ1v) is 11.8. The molecule has 0 saturated carbocycles. The molecule has 0 aliphatic carbocycles. The molecule has 0 saturated heterocycles. The maximum Gasteiger partial charge on any atom is 0.255 e. The summed E-state index contributed by atoms with van der Waals surface area (Å²) < 4.78 is 26.5. The maximum absolute atomic E-state index is 13.0. The number of nitrogens with zero attached hydrogens (tertiary/aromatic N) is 1. The van der Waals surface area contributed by atoms with Gasteiger partial charge in [0, 0.05) is 36.6 Å². The number of hydrogen-bond acceptors (Lipinski definition) is 4. The molecule has 3 rings (SSSR count). The fraction of sp³-hybridized carbons (Fsp3) is 0.200. The van der Waals surface area contributed by atoms with Crippen LogP contribution in [0.1, 0.15) is 37.4 Å². The maximum atomic E-state index is 13.0. The molecule has 0 unspecified atom stereocenters. The fourth-order valence-electron chi connectivity index (χ4n) is 3.31. The minimum atomic E-state index is -3.71. The molecule has 33 heavy (non-hydrogen) atoms. The molecular weight excluding hydrogens is 438 g/mol. The molecule has 0 spiro atoms. The molecular formula is C25H27N3O4S. The summed E-state index contributed by atoms with van der Waals surface area (Å²) >= 11 is 0. The molecule has 0 aliphatic heterocycles. The number of carbonyl (C=O) groups is 2. The van der Waals surface area contributed by atoms with Crippen LogP contribution >= 0.6 is 0 Å². The highest BCUT2D eigenvalue weighted by atomic mass is 32.2. The van der Waals surface area contributed by atoms with Gasteiger partial charge >= 0.3 is 0 Å². The van der Waals surface area contributed by atoms with Crippen molar-refractivity contribution in [2.24, 2.45) is 0 Å². The Labute approximate surface area is 194 Å². The van der Waals surface area contributed by atoms with Crippen molar-refractivity contribution in [3.05, 3.63) is 88.5 Å². The lowest BCUT2D eigenvalue weighted by Crippen LogP contribution is -2.24. The first-order chi connectivity index (χ1) is 15.5. The van der Waals surface area contributed by atoms with Crippen LogP contribution in [0.25, 0.3) is 0 Å². The summed E-state index contributed by atoms with van der Waals surface area (Å²) in [5.41, 5.74) is 3.82. The van der Waals surface area contributed by atoms with Gasteiger partial charge in [0.2, 0.25) is 10.0 Å². The van der Waals surface area contributed by atoms with Crippen molar-refractivity contribution in [2.75, 3.05) is 24.7 Å². The van der Waals surface area contributed by atoms with Crippen LogP contribution in [-0.2, 0) is 10.0 Å². The molecule has 0 radical (unpaired) electrons. The molecule has 7 nitrogen and oxygen atoms in total. The predicted molar refractivity (Wildman–Crippen MR) is 130 cm³/mol. The molecule has 172 valence electrons. The second-order valence-electron chi connectivity index (χ2n) is 7.96. The molecule has 0 aromatic heterocycles. The summed E-state index contributed by atoms with van der Waals surface area (Å²) in [4.78, 5) is 25.6. The van der Waals surface area contributed by atoms with Crippen molar-refractivity contribution >= 4 is 33.2 Å². The number of anilines is 2. The van der Waals surface area contributed by atoms with Crippen LogP contribution in [0.5, 0.6) is 0 Å². The number of benzene rings is 3. The lowest BCUT2D eigenvalue weighted by atomic mass is 10.1. The van der Waals surface area contributed by atoms with E-state index in [0.717, 1.165) is 4.31 Å². The van der Waals surface area contributed by atoms with Gasteiger partial charge in [-0.05, 0) is 73.9 Å². The number of sulfonamides is 1. The smallest absolute Gasteiger partial charge is 0.255 e. The van der Waals surface area contributed by atoms with Crippen molar-refractivity contribution in [3.8, 4) is 0 Å². The Morgan fingerprint density at radius 3 is 1.82 bits per heavy atom. The van der Waals surface area contributed by atoms with Gasteiger partial charge in [-0.1, -0.05) is 24.3 Å². The highest BCUT2D eigenvalue weighted by Crippen LogP contribution is 2.27. The van der Waals surface area contributed by atoms with E-state index in [1.54, 1.807) is 69.3 Å². The third kappa shape index (κ3) is 5.13. The zero-order valence-electron chi connectivity index (χ0n) is 19.3. The first-order valence-electron chi connectivity index (χ1n) is 10.3. The molecule has 3 aromatic rings. The van der Waals surface area contributed by atoms with Gasteiger partial charge in [0.1, 0.15) is 0 Å². The van der Waals surface area contributed by atoms with Crippen molar-refractivity contribution < 1.29 is 18.0 Å². The normalized spacial score (nSPS) is 11.3. The van der Waals surface area contributed by atoms with Crippen LogP contribution in [0.3, 0.4) is 0 Å². The van der Waals surface area contributed by atoms with Crippen LogP contribution in [0.15, 0.2) is 65.6 Å². The molecule has 0 atom stereocenters. The summed E-state index contributed by atoms with van der Waals surface area (Å²) in [6.45, 7) is 5.28. The van der Waals surface area contributed by atoms with Crippen molar-refractivity contribution in [1.82, 2.24) is 4.31 Å². The Hall–Kier alpha value is -3.49.